The summed E-state index contributed by atoms with van der Waals surface area (Å²) in [5, 5.41) is 0. The van der Waals surface area contributed by atoms with Crippen molar-refractivity contribution in [2.75, 3.05) is 18.1 Å². The normalized spacial score (nSPS) is 11.5. The minimum Gasteiger partial charge on any atom is -0.489 e. The molecule has 0 saturated carbocycles. The predicted molar refractivity (Wildman–Crippen MR) is 93.1 cm³/mol. The van der Waals surface area contributed by atoms with Crippen molar-refractivity contribution in [3.8, 4) is 11.6 Å². The molecule has 0 spiro atoms. The molecule has 1 aromatic carbocycles. The summed E-state index contributed by atoms with van der Waals surface area (Å²) in [6.45, 7) is 7.76. The van der Waals surface area contributed by atoms with Gasteiger partial charge in [-0.05, 0) is 39.8 Å². The van der Waals surface area contributed by atoms with E-state index in [9.17, 15) is 13.2 Å². The van der Waals surface area contributed by atoms with Crippen molar-refractivity contribution >= 4 is 11.6 Å². The third-order valence-corrected chi connectivity index (χ3v) is 3.40. The second-order valence-electron chi connectivity index (χ2n) is 5.70. The average Bonchev–Trinajstić information content (AvgIpc) is 2.56. The van der Waals surface area contributed by atoms with Gasteiger partial charge in [0, 0.05) is 12.7 Å². The first kappa shape index (κ1) is 19.8. The molecule has 0 bridgehead atoms. The molecule has 0 aliphatic heterocycles. The van der Waals surface area contributed by atoms with Gasteiger partial charge < -0.3 is 14.4 Å². The van der Waals surface area contributed by atoms with Crippen molar-refractivity contribution < 1.29 is 22.6 Å². The molecule has 2 rings (SSSR count). The van der Waals surface area contributed by atoms with Crippen LogP contribution in [-0.4, -0.2) is 29.2 Å². The Kier molecular flexibility index (Phi) is 6.28. The predicted octanol–water partition coefficient (Wildman–Crippen LogP) is 4.84. The summed E-state index contributed by atoms with van der Waals surface area (Å²) in [4.78, 5) is 9.61. The van der Waals surface area contributed by atoms with E-state index in [-0.39, 0.29) is 18.7 Å². The summed E-state index contributed by atoms with van der Waals surface area (Å²) in [6.07, 6.45) is -3.89. The SMILES string of the molecule is CCOc1nc(N(CC)c2ccccc2OC(C)C)ncc1C(F)(F)F. The van der Waals surface area contributed by atoms with Gasteiger partial charge >= 0.3 is 6.18 Å². The monoisotopic (exact) mass is 369 g/mol. The summed E-state index contributed by atoms with van der Waals surface area (Å²) < 4.78 is 50.3. The lowest BCUT2D eigenvalue weighted by atomic mass is 10.2. The van der Waals surface area contributed by atoms with Crippen LogP contribution >= 0.6 is 0 Å². The van der Waals surface area contributed by atoms with Crippen LogP contribution < -0.4 is 14.4 Å². The van der Waals surface area contributed by atoms with Crippen LogP contribution in [0.5, 0.6) is 11.6 Å². The summed E-state index contributed by atoms with van der Waals surface area (Å²) in [7, 11) is 0. The molecular weight excluding hydrogens is 347 g/mol. The highest BCUT2D eigenvalue weighted by atomic mass is 19.4. The summed E-state index contributed by atoms with van der Waals surface area (Å²) in [5.74, 6) is 0.236. The summed E-state index contributed by atoms with van der Waals surface area (Å²) >= 11 is 0. The van der Waals surface area contributed by atoms with Gasteiger partial charge in [-0.1, -0.05) is 12.1 Å². The van der Waals surface area contributed by atoms with Gasteiger partial charge in [-0.2, -0.15) is 18.2 Å². The average molecular weight is 369 g/mol. The molecule has 1 aromatic heterocycles. The summed E-state index contributed by atoms with van der Waals surface area (Å²) in [6, 6.07) is 7.25. The Labute approximate surface area is 150 Å². The lowest BCUT2D eigenvalue weighted by Gasteiger charge is -2.25. The Morgan fingerprint density at radius 3 is 2.42 bits per heavy atom. The Morgan fingerprint density at radius 2 is 1.85 bits per heavy atom. The molecule has 0 saturated heterocycles. The molecule has 0 amide bonds. The first-order valence-electron chi connectivity index (χ1n) is 8.38. The number of alkyl halides is 3. The van der Waals surface area contributed by atoms with Gasteiger partial charge in [-0.15, -0.1) is 0 Å². The standard InChI is InChI=1S/C18H22F3N3O2/c1-5-24(14-9-7-8-10-15(14)26-12(3)4)17-22-11-13(18(19,20)21)16(23-17)25-6-2/h7-12H,5-6H2,1-4H3. The van der Waals surface area contributed by atoms with Gasteiger partial charge in [0.1, 0.15) is 11.3 Å². The number of anilines is 2. The maximum atomic E-state index is 13.1. The number of rotatable bonds is 7. The molecule has 0 aliphatic carbocycles. The number of benzene rings is 1. The summed E-state index contributed by atoms with van der Waals surface area (Å²) in [5.41, 5.74) is -0.322. The molecule has 0 atom stereocenters. The van der Waals surface area contributed by atoms with Crippen LogP contribution in [0.2, 0.25) is 0 Å². The van der Waals surface area contributed by atoms with Crippen LogP contribution in [0.25, 0.3) is 0 Å². The van der Waals surface area contributed by atoms with Crippen LogP contribution in [-0.2, 0) is 6.18 Å². The van der Waals surface area contributed by atoms with Gasteiger partial charge in [0.25, 0.3) is 0 Å². The van der Waals surface area contributed by atoms with Crippen LogP contribution in [0.15, 0.2) is 30.5 Å². The number of para-hydroxylation sites is 2. The fourth-order valence-electron chi connectivity index (χ4n) is 2.38. The van der Waals surface area contributed by atoms with Crippen LogP contribution in [0.3, 0.4) is 0 Å². The molecule has 5 nitrogen and oxygen atoms in total. The zero-order chi connectivity index (χ0) is 19.3. The van der Waals surface area contributed by atoms with Crippen LogP contribution in [0, 0.1) is 0 Å². The van der Waals surface area contributed by atoms with E-state index in [0.29, 0.717) is 18.0 Å². The lowest BCUT2D eigenvalue weighted by Crippen LogP contribution is -2.22. The van der Waals surface area contributed by atoms with Crippen molar-refractivity contribution in [2.45, 2.75) is 40.0 Å². The van der Waals surface area contributed by atoms with E-state index in [4.69, 9.17) is 9.47 Å². The quantitative estimate of drug-likeness (QED) is 0.699. The first-order valence-corrected chi connectivity index (χ1v) is 8.38. The number of ether oxygens (including phenoxy) is 2. The molecule has 0 aliphatic rings. The lowest BCUT2D eigenvalue weighted by molar-refractivity contribution is -0.139. The Morgan fingerprint density at radius 1 is 1.15 bits per heavy atom. The van der Waals surface area contributed by atoms with E-state index >= 15 is 0 Å². The highest BCUT2D eigenvalue weighted by Gasteiger charge is 2.36. The molecule has 0 N–H and O–H groups in total. The van der Waals surface area contributed by atoms with Crippen molar-refractivity contribution in [1.29, 1.82) is 0 Å². The van der Waals surface area contributed by atoms with Crippen molar-refractivity contribution in [3.05, 3.63) is 36.0 Å². The Balaban J connectivity index is 2.50. The smallest absolute Gasteiger partial charge is 0.423 e. The molecule has 8 heteroatoms. The number of hydrogen-bond donors (Lipinski definition) is 0. The third kappa shape index (κ3) is 4.56. The number of halogens is 3. The molecule has 1 heterocycles. The van der Waals surface area contributed by atoms with Gasteiger partial charge in [0.2, 0.25) is 11.8 Å². The fraction of sp³-hybridized carbons (Fsp3) is 0.444. The van der Waals surface area contributed by atoms with E-state index in [1.165, 1.54) is 0 Å². The highest BCUT2D eigenvalue weighted by Crippen LogP contribution is 2.37. The van der Waals surface area contributed by atoms with Crippen LogP contribution in [0.4, 0.5) is 24.8 Å². The van der Waals surface area contributed by atoms with Crippen LogP contribution in [0.1, 0.15) is 33.3 Å². The molecular formula is C18H22F3N3O2. The first-order chi connectivity index (χ1) is 12.3. The zero-order valence-corrected chi connectivity index (χ0v) is 15.2. The number of aromatic nitrogens is 2. The molecule has 142 valence electrons. The van der Waals surface area contributed by atoms with Gasteiger partial charge in [0.05, 0.1) is 18.4 Å². The van der Waals surface area contributed by atoms with Crippen molar-refractivity contribution in [2.24, 2.45) is 0 Å². The zero-order valence-electron chi connectivity index (χ0n) is 15.2. The fourth-order valence-corrected chi connectivity index (χ4v) is 2.38. The maximum Gasteiger partial charge on any atom is 0.423 e. The van der Waals surface area contributed by atoms with E-state index in [1.54, 1.807) is 17.9 Å². The minimum atomic E-state index is -4.58. The van der Waals surface area contributed by atoms with E-state index < -0.39 is 17.6 Å². The minimum absolute atomic E-state index is 0.0534. The highest BCUT2D eigenvalue weighted by molar-refractivity contribution is 5.65. The van der Waals surface area contributed by atoms with Crippen molar-refractivity contribution in [1.82, 2.24) is 9.97 Å². The Bertz CT molecular complexity index is 736. The molecule has 2 aromatic rings. The maximum absolute atomic E-state index is 13.1. The van der Waals surface area contributed by atoms with Gasteiger partial charge in [-0.3, -0.25) is 0 Å². The second-order valence-corrected chi connectivity index (χ2v) is 5.70. The topological polar surface area (TPSA) is 47.5 Å². The molecule has 0 fully saturated rings. The van der Waals surface area contributed by atoms with E-state index in [1.807, 2.05) is 39.0 Å². The van der Waals surface area contributed by atoms with Gasteiger partial charge in [-0.25, -0.2) is 4.98 Å². The number of nitrogens with zero attached hydrogens (tertiary/aromatic N) is 3. The number of hydrogen-bond acceptors (Lipinski definition) is 5. The van der Waals surface area contributed by atoms with E-state index in [2.05, 4.69) is 9.97 Å². The largest absolute Gasteiger partial charge is 0.489 e. The van der Waals surface area contributed by atoms with Gasteiger partial charge in [0.15, 0.2) is 0 Å². The van der Waals surface area contributed by atoms with Crippen molar-refractivity contribution in [3.63, 3.8) is 0 Å². The molecule has 0 unspecified atom stereocenters. The molecule has 26 heavy (non-hydrogen) atoms. The Hall–Kier alpha value is -2.51. The third-order valence-electron chi connectivity index (χ3n) is 3.40. The molecule has 0 radical (unpaired) electrons. The second kappa shape index (κ2) is 8.25. The van der Waals surface area contributed by atoms with E-state index in [0.717, 1.165) is 6.20 Å².